The molecule has 2 aliphatic rings. The quantitative estimate of drug-likeness (QED) is 0.761. The molecule has 0 saturated carbocycles. The molecule has 1 N–H and O–H groups in total. The minimum absolute atomic E-state index is 0.0126. The maximum Gasteiger partial charge on any atom is 0.253 e. The number of ether oxygens (including phenoxy) is 1. The van der Waals surface area contributed by atoms with Crippen molar-refractivity contribution in [1.29, 1.82) is 0 Å². The summed E-state index contributed by atoms with van der Waals surface area (Å²) in [5, 5.41) is 3.12. The van der Waals surface area contributed by atoms with Crippen molar-refractivity contribution in [2.45, 2.75) is 32.4 Å². The molecule has 0 atom stereocenters. The molecule has 0 aromatic heterocycles. The Morgan fingerprint density at radius 3 is 2.71 bits per heavy atom. The average Bonchev–Trinajstić information content (AvgIpc) is 2.71. The fraction of sp³-hybridized carbons (Fsp3) is 0.571. The molecule has 6 nitrogen and oxygen atoms in total. The van der Waals surface area contributed by atoms with Gasteiger partial charge >= 0.3 is 0 Å². The molecule has 1 saturated heterocycles. The van der Waals surface area contributed by atoms with Crippen molar-refractivity contribution in [1.82, 2.24) is 10.2 Å². The van der Waals surface area contributed by atoms with Crippen LogP contribution in [0.5, 0.6) is 0 Å². The van der Waals surface area contributed by atoms with Crippen LogP contribution in [0.25, 0.3) is 0 Å². The van der Waals surface area contributed by atoms with Crippen LogP contribution in [-0.2, 0) is 4.74 Å². The lowest BCUT2D eigenvalue weighted by molar-refractivity contribution is 0.0433. The first-order valence-electron chi connectivity index (χ1n) is 9.90. The maximum atomic E-state index is 15.0. The molecule has 0 radical (unpaired) electrons. The summed E-state index contributed by atoms with van der Waals surface area (Å²) >= 11 is 0. The van der Waals surface area contributed by atoms with Crippen LogP contribution in [0.2, 0.25) is 0 Å². The Morgan fingerprint density at radius 1 is 1.25 bits per heavy atom. The lowest BCUT2D eigenvalue weighted by atomic mass is 9.92. The number of aliphatic imine (C=N–C) groups is 2. The van der Waals surface area contributed by atoms with Crippen molar-refractivity contribution in [3.05, 3.63) is 34.9 Å². The second kappa shape index (κ2) is 9.28. The van der Waals surface area contributed by atoms with Crippen molar-refractivity contribution in [2.75, 3.05) is 45.9 Å². The average molecular weight is 388 g/mol. The topological polar surface area (TPSA) is 66.3 Å². The van der Waals surface area contributed by atoms with Crippen molar-refractivity contribution in [3.8, 4) is 0 Å². The van der Waals surface area contributed by atoms with E-state index >= 15 is 4.39 Å². The third-order valence-electron chi connectivity index (χ3n) is 5.37. The molecule has 0 unspecified atom stereocenters. The molecular weight excluding hydrogens is 359 g/mol. The van der Waals surface area contributed by atoms with E-state index < -0.39 is 5.67 Å². The summed E-state index contributed by atoms with van der Waals surface area (Å²) in [6, 6.07) is 5.73. The standard InChI is InChI=1S/C21H29FN4O2/c1-16-3-4-18(13-17(16)2)20(27)26-10-5-21(22,6-11-26)15-24-9-12-28-19-14-23-7-8-25-19/h3-4,13-14,24H,5-12,15H2,1-2H3. The predicted octanol–water partition coefficient (Wildman–Crippen LogP) is 2.34. The molecule has 0 bridgehead atoms. The third-order valence-corrected chi connectivity index (χ3v) is 5.37. The fourth-order valence-electron chi connectivity index (χ4n) is 3.37. The minimum Gasteiger partial charge on any atom is -0.475 e. The zero-order chi connectivity index (χ0) is 20.0. The first-order chi connectivity index (χ1) is 13.5. The zero-order valence-electron chi connectivity index (χ0n) is 16.7. The summed E-state index contributed by atoms with van der Waals surface area (Å²) in [7, 11) is 0. The minimum atomic E-state index is -1.29. The number of carbonyl (C=O) groups excluding carboxylic acids is 1. The third kappa shape index (κ3) is 5.38. The molecule has 1 fully saturated rings. The maximum absolute atomic E-state index is 15.0. The van der Waals surface area contributed by atoms with Crippen LogP contribution in [-0.4, -0.2) is 74.5 Å². The largest absolute Gasteiger partial charge is 0.475 e. The van der Waals surface area contributed by atoms with Crippen molar-refractivity contribution < 1.29 is 13.9 Å². The van der Waals surface area contributed by atoms with E-state index in [9.17, 15) is 4.79 Å². The molecule has 152 valence electrons. The van der Waals surface area contributed by atoms with Gasteiger partial charge < -0.3 is 15.0 Å². The molecule has 3 rings (SSSR count). The van der Waals surface area contributed by atoms with Gasteiger partial charge in [0.05, 0.1) is 19.3 Å². The van der Waals surface area contributed by atoms with Gasteiger partial charge in [-0.15, -0.1) is 0 Å². The highest BCUT2D eigenvalue weighted by molar-refractivity contribution is 6.26. The molecule has 0 spiro atoms. The van der Waals surface area contributed by atoms with E-state index in [2.05, 4.69) is 15.3 Å². The van der Waals surface area contributed by atoms with Gasteiger partial charge in [0.15, 0.2) is 0 Å². The molecule has 28 heavy (non-hydrogen) atoms. The number of halogens is 1. The zero-order valence-corrected chi connectivity index (χ0v) is 16.7. The molecule has 1 amide bonds. The van der Waals surface area contributed by atoms with Gasteiger partial charge in [0, 0.05) is 44.6 Å². The molecule has 2 aliphatic heterocycles. The Labute approximate surface area is 165 Å². The molecular formula is C21H29FN4O2. The summed E-state index contributed by atoms with van der Waals surface area (Å²) in [6.45, 7) is 7.50. The van der Waals surface area contributed by atoms with E-state index in [0.717, 1.165) is 11.1 Å². The van der Waals surface area contributed by atoms with Crippen LogP contribution in [0, 0.1) is 13.8 Å². The Bertz CT molecular complexity index is 755. The van der Waals surface area contributed by atoms with Gasteiger partial charge in [0.25, 0.3) is 5.91 Å². The van der Waals surface area contributed by atoms with Crippen LogP contribution in [0.3, 0.4) is 0 Å². The fourth-order valence-corrected chi connectivity index (χ4v) is 3.37. The number of nitrogens with one attached hydrogen (secondary N) is 1. The second-order valence-electron chi connectivity index (χ2n) is 7.52. The van der Waals surface area contributed by atoms with E-state index in [1.807, 2.05) is 32.0 Å². The Hall–Kier alpha value is -2.28. The first kappa shape index (κ1) is 20.5. The molecule has 1 aromatic rings. The van der Waals surface area contributed by atoms with E-state index in [0.29, 0.717) is 63.6 Å². The summed E-state index contributed by atoms with van der Waals surface area (Å²) < 4.78 is 20.5. The first-order valence-corrected chi connectivity index (χ1v) is 9.90. The van der Waals surface area contributed by atoms with E-state index in [4.69, 9.17) is 4.74 Å². The van der Waals surface area contributed by atoms with Gasteiger partial charge in [0.2, 0.25) is 5.90 Å². The van der Waals surface area contributed by atoms with Crippen LogP contribution < -0.4 is 5.32 Å². The summed E-state index contributed by atoms with van der Waals surface area (Å²) in [6.07, 6.45) is 2.32. The highest BCUT2D eigenvalue weighted by atomic mass is 19.1. The Morgan fingerprint density at radius 2 is 2.04 bits per heavy atom. The number of benzene rings is 1. The Kier molecular flexibility index (Phi) is 6.78. The monoisotopic (exact) mass is 388 g/mol. The van der Waals surface area contributed by atoms with Gasteiger partial charge in [-0.05, 0) is 37.1 Å². The van der Waals surface area contributed by atoms with Crippen LogP contribution in [0.4, 0.5) is 4.39 Å². The lowest BCUT2D eigenvalue weighted by Gasteiger charge is -2.36. The SMILES string of the molecule is Cc1ccc(C(=O)N2CCC(F)(CNCCOC3=NCCN=C3)CC2)cc1C. The van der Waals surface area contributed by atoms with Crippen molar-refractivity contribution in [3.63, 3.8) is 0 Å². The van der Waals surface area contributed by atoms with Gasteiger partial charge in [-0.1, -0.05) is 6.07 Å². The van der Waals surface area contributed by atoms with Gasteiger partial charge in [-0.2, -0.15) is 0 Å². The van der Waals surface area contributed by atoms with E-state index in [1.54, 1.807) is 11.1 Å². The number of carbonyl (C=O) groups is 1. The number of nitrogens with zero attached hydrogens (tertiary/aromatic N) is 3. The number of hydrogen-bond acceptors (Lipinski definition) is 5. The van der Waals surface area contributed by atoms with Gasteiger partial charge in [-0.3, -0.25) is 9.79 Å². The van der Waals surface area contributed by atoms with Crippen molar-refractivity contribution >= 4 is 18.0 Å². The molecule has 0 aliphatic carbocycles. The van der Waals surface area contributed by atoms with E-state index in [1.165, 1.54) is 0 Å². The number of likely N-dealkylation sites (tertiary alicyclic amines) is 1. The predicted molar refractivity (Wildman–Crippen MR) is 109 cm³/mol. The molecule has 7 heteroatoms. The number of amides is 1. The smallest absolute Gasteiger partial charge is 0.253 e. The number of rotatable bonds is 6. The number of aryl methyl sites for hydroxylation is 2. The van der Waals surface area contributed by atoms with Gasteiger partial charge in [-0.25, -0.2) is 9.38 Å². The highest BCUT2D eigenvalue weighted by Crippen LogP contribution is 2.27. The summed E-state index contributed by atoms with van der Waals surface area (Å²) in [5.74, 6) is 0.530. The molecule has 1 aromatic carbocycles. The number of piperidine rings is 1. The lowest BCUT2D eigenvalue weighted by Crippen LogP contribution is -2.49. The Balaban J connectivity index is 1.39. The van der Waals surface area contributed by atoms with Gasteiger partial charge in [0.1, 0.15) is 12.3 Å². The summed E-state index contributed by atoms with van der Waals surface area (Å²) in [4.78, 5) is 22.7. The van der Waals surface area contributed by atoms with Crippen LogP contribution >= 0.6 is 0 Å². The van der Waals surface area contributed by atoms with Crippen molar-refractivity contribution in [2.24, 2.45) is 9.98 Å². The summed E-state index contributed by atoms with van der Waals surface area (Å²) in [5.41, 5.74) is 1.65. The highest BCUT2D eigenvalue weighted by Gasteiger charge is 2.35. The number of alkyl halides is 1. The molecule has 2 heterocycles. The number of hydrogen-bond donors (Lipinski definition) is 1. The normalized spacial score (nSPS) is 18.7. The van der Waals surface area contributed by atoms with Crippen LogP contribution in [0.1, 0.15) is 34.3 Å². The van der Waals surface area contributed by atoms with Crippen LogP contribution in [0.15, 0.2) is 28.2 Å². The second-order valence-corrected chi connectivity index (χ2v) is 7.52. The van der Waals surface area contributed by atoms with E-state index in [-0.39, 0.29) is 12.5 Å².